The number of fused-ring (bicyclic) bond motifs is 1. The van der Waals surface area contributed by atoms with E-state index in [1.54, 1.807) is 18.4 Å². The largest absolute Gasteiger partial charge is 0.496 e. The molecule has 1 aromatic carbocycles. The number of nitrogens with zero attached hydrogens (tertiary/aromatic N) is 3. The Morgan fingerprint density at radius 2 is 1.92 bits per heavy atom. The van der Waals surface area contributed by atoms with Crippen molar-refractivity contribution in [2.45, 2.75) is 26.7 Å². The summed E-state index contributed by atoms with van der Waals surface area (Å²) in [6.07, 6.45) is 0. The lowest BCUT2D eigenvalue weighted by atomic mass is 10.1. The van der Waals surface area contributed by atoms with Gasteiger partial charge in [-0.25, -0.2) is 9.97 Å². The molecule has 0 unspecified atom stereocenters. The number of aryl methyl sites for hydroxylation is 1. The van der Waals surface area contributed by atoms with E-state index in [1.165, 1.54) is 0 Å². The Kier molecular flexibility index (Phi) is 4.45. The summed E-state index contributed by atoms with van der Waals surface area (Å²) < 4.78 is 5.47. The summed E-state index contributed by atoms with van der Waals surface area (Å²) in [6.45, 7) is 6.37. The van der Waals surface area contributed by atoms with Gasteiger partial charge in [-0.2, -0.15) is 0 Å². The van der Waals surface area contributed by atoms with Crippen LogP contribution in [0, 0.1) is 6.92 Å². The van der Waals surface area contributed by atoms with E-state index in [9.17, 15) is 0 Å². The van der Waals surface area contributed by atoms with Gasteiger partial charge in [0.2, 0.25) is 0 Å². The molecule has 2 aromatic heterocycles. The average molecular weight is 341 g/mol. The van der Waals surface area contributed by atoms with Gasteiger partial charge in [0.25, 0.3) is 0 Å². The zero-order chi connectivity index (χ0) is 17.4. The molecule has 3 aromatic rings. The molecule has 0 aliphatic heterocycles. The van der Waals surface area contributed by atoms with Crippen LogP contribution < -0.4 is 9.64 Å². The van der Waals surface area contributed by atoms with E-state index >= 15 is 0 Å². The van der Waals surface area contributed by atoms with Crippen LogP contribution in [0.5, 0.6) is 5.75 Å². The molecule has 0 amide bonds. The Morgan fingerprint density at radius 1 is 1.17 bits per heavy atom. The summed E-state index contributed by atoms with van der Waals surface area (Å²) in [5.74, 6) is 1.28. The first-order chi connectivity index (χ1) is 11.4. The number of benzene rings is 1. The molecule has 126 valence electrons. The molecular weight excluding hydrogens is 318 g/mol. The highest BCUT2D eigenvalue weighted by Gasteiger charge is 2.15. The van der Waals surface area contributed by atoms with Crippen molar-refractivity contribution in [1.82, 2.24) is 9.97 Å². The number of aromatic nitrogens is 2. The van der Waals surface area contributed by atoms with Crippen molar-refractivity contribution in [3.63, 3.8) is 0 Å². The third-order valence-corrected chi connectivity index (χ3v) is 5.08. The van der Waals surface area contributed by atoms with Crippen molar-refractivity contribution >= 4 is 27.9 Å². The highest BCUT2D eigenvalue weighted by molar-refractivity contribution is 7.13. The molecule has 24 heavy (non-hydrogen) atoms. The first-order valence-corrected chi connectivity index (χ1v) is 8.91. The summed E-state index contributed by atoms with van der Waals surface area (Å²) in [5, 5.41) is 4.22. The van der Waals surface area contributed by atoms with E-state index in [0.717, 1.165) is 44.3 Å². The Morgan fingerprint density at radius 3 is 2.50 bits per heavy atom. The number of hydrogen-bond acceptors (Lipinski definition) is 5. The predicted octanol–water partition coefficient (Wildman–Crippen LogP) is 4.86. The second-order valence-electron chi connectivity index (χ2n) is 6.44. The molecule has 0 atom stereocenters. The molecule has 2 heterocycles. The van der Waals surface area contributed by atoms with Crippen LogP contribution in [0.3, 0.4) is 0 Å². The number of anilines is 1. The minimum atomic E-state index is 0.422. The van der Waals surface area contributed by atoms with E-state index in [-0.39, 0.29) is 0 Å². The molecule has 0 bridgehead atoms. The summed E-state index contributed by atoms with van der Waals surface area (Å²) in [7, 11) is 5.81. The molecule has 0 saturated heterocycles. The van der Waals surface area contributed by atoms with Gasteiger partial charge >= 0.3 is 0 Å². The van der Waals surface area contributed by atoms with Gasteiger partial charge in [-0.3, -0.25) is 0 Å². The molecule has 0 aliphatic rings. The zero-order valence-corrected chi connectivity index (χ0v) is 15.9. The van der Waals surface area contributed by atoms with E-state index in [4.69, 9.17) is 14.7 Å². The van der Waals surface area contributed by atoms with Gasteiger partial charge in [-0.05, 0) is 31.0 Å². The summed E-state index contributed by atoms with van der Waals surface area (Å²) in [4.78, 5) is 11.8. The van der Waals surface area contributed by atoms with E-state index < -0.39 is 0 Å². The third-order valence-electron chi connectivity index (χ3n) is 4.20. The van der Waals surface area contributed by atoms with Crippen LogP contribution >= 0.6 is 11.3 Å². The summed E-state index contributed by atoms with van der Waals surface area (Å²) in [5.41, 5.74) is 5.20. The van der Waals surface area contributed by atoms with E-state index in [1.807, 2.05) is 6.07 Å². The maximum Gasteiger partial charge on any atom is 0.142 e. The standard InChI is InChI=1S/C19H23N3OS/c1-11(2)15-10-24-19(21-15)14-9-16(22(4)5)13-7-8-17(23-6)12(3)18(13)20-14/h7-11H,1-6H3. The molecule has 0 saturated carbocycles. The van der Waals surface area contributed by atoms with Crippen molar-refractivity contribution < 1.29 is 4.74 Å². The Balaban J connectivity index is 2.26. The number of methoxy groups -OCH3 is 1. The zero-order valence-electron chi connectivity index (χ0n) is 15.0. The maximum absolute atomic E-state index is 5.47. The fourth-order valence-electron chi connectivity index (χ4n) is 2.76. The predicted molar refractivity (Wildman–Crippen MR) is 103 cm³/mol. The highest BCUT2D eigenvalue weighted by atomic mass is 32.1. The summed E-state index contributed by atoms with van der Waals surface area (Å²) in [6, 6.07) is 6.21. The molecule has 0 N–H and O–H groups in total. The Labute approximate surface area is 147 Å². The van der Waals surface area contributed by atoms with Crippen molar-refractivity contribution in [3.05, 3.63) is 34.8 Å². The number of hydrogen-bond donors (Lipinski definition) is 0. The molecule has 0 spiro atoms. The first kappa shape index (κ1) is 16.7. The number of ether oxygens (including phenoxy) is 1. The van der Waals surface area contributed by atoms with Gasteiger partial charge < -0.3 is 9.64 Å². The van der Waals surface area contributed by atoms with Gasteiger partial charge in [-0.15, -0.1) is 11.3 Å². The first-order valence-electron chi connectivity index (χ1n) is 8.03. The van der Waals surface area contributed by atoms with Crippen LogP contribution in [-0.2, 0) is 0 Å². The molecule has 3 rings (SSSR count). The second kappa shape index (κ2) is 6.40. The molecule has 5 heteroatoms. The SMILES string of the molecule is COc1ccc2c(N(C)C)cc(-c3nc(C(C)C)cs3)nc2c1C. The lowest BCUT2D eigenvalue weighted by molar-refractivity contribution is 0.412. The number of rotatable bonds is 4. The lowest BCUT2D eigenvalue weighted by Crippen LogP contribution is -2.10. The fraction of sp³-hybridized carbons (Fsp3) is 0.368. The molecule has 0 radical (unpaired) electrons. The van der Waals surface area contributed by atoms with E-state index in [2.05, 4.69) is 57.3 Å². The minimum absolute atomic E-state index is 0.422. The number of thiazole rings is 1. The van der Waals surface area contributed by atoms with E-state index in [0.29, 0.717) is 5.92 Å². The van der Waals surface area contributed by atoms with Crippen LogP contribution in [0.15, 0.2) is 23.6 Å². The Bertz CT molecular complexity index is 884. The smallest absolute Gasteiger partial charge is 0.142 e. The molecule has 4 nitrogen and oxygen atoms in total. The topological polar surface area (TPSA) is 38.2 Å². The molecular formula is C19H23N3OS. The molecule has 0 aliphatic carbocycles. The van der Waals surface area contributed by atoms with Gasteiger partial charge in [0.15, 0.2) is 0 Å². The highest BCUT2D eigenvalue weighted by Crippen LogP contribution is 2.36. The lowest BCUT2D eigenvalue weighted by Gasteiger charge is -2.18. The van der Waals surface area contributed by atoms with Crippen molar-refractivity contribution in [1.29, 1.82) is 0 Å². The van der Waals surface area contributed by atoms with Crippen LogP contribution in [0.4, 0.5) is 5.69 Å². The maximum atomic E-state index is 5.47. The van der Waals surface area contributed by atoms with Crippen molar-refractivity contribution in [2.24, 2.45) is 0 Å². The third kappa shape index (κ3) is 2.84. The Hall–Kier alpha value is -2.14. The van der Waals surface area contributed by atoms with Crippen LogP contribution in [0.2, 0.25) is 0 Å². The van der Waals surface area contributed by atoms with Gasteiger partial charge in [0.1, 0.15) is 16.5 Å². The number of pyridine rings is 1. The fourth-order valence-corrected chi connectivity index (χ4v) is 3.70. The van der Waals surface area contributed by atoms with Crippen molar-refractivity contribution in [2.75, 3.05) is 26.1 Å². The van der Waals surface area contributed by atoms with Crippen molar-refractivity contribution in [3.8, 4) is 16.5 Å². The van der Waals surface area contributed by atoms with Gasteiger partial charge in [0, 0.05) is 36.1 Å². The van der Waals surface area contributed by atoms with Gasteiger partial charge in [-0.1, -0.05) is 13.8 Å². The van der Waals surface area contributed by atoms with Crippen LogP contribution in [0.25, 0.3) is 21.6 Å². The monoisotopic (exact) mass is 341 g/mol. The normalized spacial score (nSPS) is 11.3. The molecule has 0 fully saturated rings. The van der Waals surface area contributed by atoms with Crippen LogP contribution in [-0.4, -0.2) is 31.2 Å². The second-order valence-corrected chi connectivity index (χ2v) is 7.30. The summed E-state index contributed by atoms with van der Waals surface area (Å²) >= 11 is 1.65. The van der Waals surface area contributed by atoms with Crippen LogP contribution in [0.1, 0.15) is 31.0 Å². The van der Waals surface area contributed by atoms with Gasteiger partial charge in [0.05, 0.1) is 18.3 Å². The minimum Gasteiger partial charge on any atom is -0.496 e. The average Bonchev–Trinajstić information content (AvgIpc) is 3.04. The quantitative estimate of drug-likeness (QED) is 0.679.